The van der Waals surface area contributed by atoms with Gasteiger partial charge in [0.15, 0.2) is 17.5 Å². The Labute approximate surface area is 199 Å². The molecule has 1 atom stereocenters. The maximum Gasteiger partial charge on any atom is 0.251 e. The van der Waals surface area contributed by atoms with Crippen molar-refractivity contribution >= 4 is 35.8 Å². The number of amides is 1. The van der Waals surface area contributed by atoms with Gasteiger partial charge in [-0.3, -0.25) is 4.79 Å². The first-order chi connectivity index (χ1) is 14.5. The quantitative estimate of drug-likeness (QED) is 0.185. The lowest BCUT2D eigenvalue weighted by Crippen LogP contribution is -2.42. The van der Waals surface area contributed by atoms with Crippen molar-refractivity contribution in [1.82, 2.24) is 16.0 Å². The maximum atomic E-state index is 13.7. The van der Waals surface area contributed by atoms with E-state index in [1.807, 2.05) is 13.8 Å². The van der Waals surface area contributed by atoms with E-state index in [0.717, 1.165) is 0 Å². The molecule has 3 N–H and O–H groups in total. The number of hydrogen-bond acceptors (Lipinski definition) is 4. The van der Waals surface area contributed by atoms with E-state index in [0.29, 0.717) is 43.5 Å². The van der Waals surface area contributed by atoms with Crippen molar-refractivity contribution in [2.24, 2.45) is 4.99 Å². The van der Waals surface area contributed by atoms with Gasteiger partial charge in [0, 0.05) is 25.2 Å². The van der Waals surface area contributed by atoms with E-state index in [1.54, 1.807) is 49.6 Å². The number of nitrogens with zero attached hydrogens (tertiary/aromatic N) is 1. The van der Waals surface area contributed by atoms with E-state index < -0.39 is 5.82 Å². The molecule has 0 aliphatic heterocycles. The van der Waals surface area contributed by atoms with Gasteiger partial charge in [0.1, 0.15) is 11.9 Å². The lowest BCUT2D eigenvalue weighted by molar-refractivity contribution is 0.0954. The van der Waals surface area contributed by atoms with Gasteiger partial charge in [-0.05, 0) is 50.2 Å². The highest BCUT2D eigenvalue weighted by Gasteiger charge is 2.08. The number of nitrogens with one attached hydrogen (secondary N) is 3. The molecule has 1 amide bonds. The first kappa shape index (κ1) is 26.5. The van der Waals surface area contributed by atoms with Gasteiger partial charge in [0.05, 0.1) is 13.7 Å². The monoisotopic (exact) mass is 544 g/mol. The number of halogens is 2. The molecule has 2 aromatic rings. The second kappa shape index (κ2) is 14.4. The zero-order chi connectivity index (χ0) is 21.8. The average molecular weight is 544 g/mol. The van der Waals surface area contributed by atoms with Gasteiger partial charge < -0.3 is 25.4 Å². The van der Waals surface area contributed by atoms with Crippen LogP contribution in [-0.4, -0.2) is 51.3 Å². The van der Waals surface area contributed by atoms with Crippen molar-refractivity contribution < 1.29 is 18.7 Å². The van der Waals surface area contributed by atoms with Gasteiger partial charge in [0.25, 0.3) is 5.91 Å². The number of rotatable bonds is 10. The summed E-state index contributed by atoms with van der Waals surface area (Å²) in [6, 6.07) is 13.2. The molecule has 0 saturated heterocycles. The second-order valence-electron chi connectivity index (χ2n) is 6.49. The summed E-state index contributed by atoms with van der Waals surface area (Å²) in [7, 11) is 1.58. The van der Waals surface area contributed by atoms with Crippen molar-refractivity contribution in [1.29, 1.82) is 0 Å². The van der Waals surface area contributed by atoms with E-state index in [2.05, 4.69) is 20.9 Å². The van der Waals surface area contributed by atoms with Crippen molar-refractivity contribution in [3.63, 3.8) is 0 Å². The molecule has 0 spiro atoms. The van der Waals surface area contributed by atoms with Crippen LogP contribution in [0.1, 0.15) is 24.2 Å². The number of carbonyl (C=O) groups excluding carboxylic acids is 1. The maximum absolute atomic E-state index is 13.7. The molecule has 0 aliphatic rings. The number of methoxy groups -OCH3 is 1. The van der Waals surface area contributed by atoms with Crippen molar-refractivity contribution in [2.45, 2.75) is 20.0 Å². The highest BCUT2D eigenvalue weighted by molar-refractivity contribution is 14.0. The van der Waals surface area contributed by atoms with Gasteiger partial charge in [-0.1, -0.05) is 12.1 Å². The fraction of sp³-hybridized carbons (Fsp3) is 0.364. The largest absolute Gasteiger partial charge is 0.497 e. The highest BCUT2D eigenvalue weighted by Crippen LogP contribution is 2.17. The van der Waals surface area contributed by atoms with Crippen molar-refractivity contribution in [2.75, 3.05) is 33.3 Å². The molecule has 2 rings (SSSR count). The van der Waals surface area contributed by atoms with E-state index in [1.165, 1.54) is 6.07 Å². The third-order valence-corrected chi connectivity index (χ3v) is 4.07. The summed E-state index contributed by atoms with van der Waals surface area (Å²) >= 11 is 0. The third-order valence-electron chi connectivity index (χ3n) is 4.07. The van der Waals surface area contributed by atoms with Crippen LogP contribution >= 0.6 is 24.0 Å². The highest BCUT2D eigenvalue weighted by atomic mass is 127. The minimum Gasteiger partial charge on any atom is -0.497 e. The van der Waals surface area contributed by atoms with Crippen LogP contribution in [0.2, 0.25) is 0 Å². The molecule has 0 aromatic heterocycles. The lowest BCUT2D eigenvalue weighted by atomic mass is 10.2. The van der Waals surface area contributed by atoms with Crippen molar-refractivity contribution in [3.8, 4) is 11.5 Å². The van der Waals surface area contributed by atoms with Crippen LogP contribution in [-0.2, 0) is 0 Å². The lowest BCUT2D eigenvalue weighted by Gasteiger charge is -2.15. The molecule has 9 heteroatoms. The van der Waals surface area contributed by atoms with Crippen LogP contribution in [0.5, 0.6) is 11.5 Å². The van der Waals surface area contributed by atoms with Crippen LogP contribution in [0.25, 0.3) is 0 Å². The van der Waals surface area contributed by atoms with Crippen LogP contribution in [0.4, 0.5) is 4.39 Å². The molecule has 0 heterocycles. The van der Waals surface area contributed by atoms with E-state index in [9.17, 15) is 9.18 Å². The summed E-state index contributed by atoms with van der Waals surface area (Å²) in [5, 5.41) is 9.13. The molecule has 0 radical (unpaired) electrons. The van der Waals surface area contributed by atoms with Crippen LogP contribution in [0.15, 0.2) is 53.5 Å². The Morgan fingerprint density at radius 2 is 1.74 bits per heavy atom. The summed E-state index contributed by atoms with van der Waals surface area (Å²) < 4.78 is 24.4. The molecule has 7 nitrogen and oxygen atoms in total. The summed E-state index contributed by atoms with van der Waals surface area (Å²) in [6.45, 7) is 5.75. The van der Waals surface area contributed by atoms with Gasteiger partial charge in [-0.25, -0.2) is 9.38 Å². The number of para-hydroxylation sites is 1. The summed E-state index contributed by atoms with van der Waals surface area (Å²) in [5.74, 6) is 0.951. The third kappa shape index (κ3) is 9.41. The number of benzene rings is 2. The smallest absolute Gasteiger partial charge is 0.251 e. The number of ether oxygens (including phenoxy) is 2. The molecular formula is C22H30FIN4O3. The second-order valence-corrected chi connectivity index (χ2v) is 6.49. The molecule has 0 saturated carbocycles. The van der Waals surface area contributed by atoms with Crippen molar-refractivity contribution in [3.05, 3.63) is 59.9 Å². The summed E-state index contributed by atoms with van der Waals surface area (Å²) in [4.78, 5) is 16.6. The van der Waals surface area contributed by atoms with E-state index in [-0.39, 0.29) is 41.7 Å². The van der Waals surface area contributed by atoms with Gasteiger partial charge in [-0.15, -0.1) is 24.0 Å². The first-order valence-corrected chi connectivity index (χ1v) is 9.89. The standard InChI is InChI=1S/C22H29FN4O3.HI/c1-4-24-22(27-15-16(2)30-20-8-6-5-7-19(20)23)26-14-13-25-21(28)17-9-11-18(29-3)12-10-17;/h5-12,16H,4,13-15H2,1-3H3,(H,25,28)(H2,24,26,27);1H. The Morgan fingerprint density at radius 1 is 1.06 bits per heavy atom. The number of carbonyl (C=O) groups is 1. The van der Waals surface area contributed by atoms with Gasteiger partial charge in [-0.2, -0.15) is 0 Å². The molecule has 0 fully saturated rings. The minimum atomic E-state index is -0.397. The Kier molecular flexibility index (Phi) is 12.3. The predicted molar refractivity (Wildman–Crippen MR) is 131 cm³/mol. The topological polar surface area (TPSA) is 84.0 Å². The van der Waals surface area contributed by atoms with E-state index >= 15 is 0 Å². The normalized spacial score (nSPS) is 11.7. The summed E-state index contributed by atoms with van der Waals surface area (Å²) in [5.41, 5.74) is 0.565. The van der Waals surface area contributed by atoms with Gasteiger partial charge >= 0.3 is 0 Å². The number of guanidine groups is 1. The summed E-state index contributed by atoms with van der Waals surface area (Å²) in [6.07, 6.45) is -0.299. The molecule has 1 unspecified atom stereocenters. The van der Waals surface area contributed by atoms with Gasteiger partial charge in [0.2, 0.25) is 0 Å². The molecule has 0 aliphatic carbocycles. The van der Waals surface area contributed by atoms with Crippen LogP contribution in [0.3, 0.4) is 0 Å². The zero-order valence-electron chi connectivity index (χ0n) is 18.0. The van der Waals surface area contributed by atoms with Crippen LogP contribution in [0, 0.1) is 5.82 Å². The Balaban J connectivity index is 0.00000480. The first-order valence-electron chi connectivity index (χ1n) is 9.89. The average Bonchev–Trinajstić information content (AvgIpc) is 2.76. The Morgan fingerprint density at radius 3 is 2.39 bits per heavy atom. The molecule has 170 valence electrons. The minimum absolute atomic E-state index is 0. The van der Waals surface area contributed by atoms with E-state index in [4.69, 9.17) is 9.47 Å². The fourth-order valence-corrected chi connectivity index (χ4v) is 2.56. The number of aliphatic imine (C=N–C) groups is 1. The molecule has 31 heavy (non-hydrogen) atoms. The Bertz CT molecular complexity index is 834. The molecule has 0 bridgehead atoms. The molecule has 2 aromatic carbocycles. The molecular weight excluding hydrogens is 514 g/mol. The zero-order valence-corrected chi connectivity index (χ0v) is 20.3. The predicted octanol–water partition coefficient (Wildman–Crippen LogP) is 3.20. The fourth-order valence-electron chi connectivity index (χ4n) is 2.56. The SMILES string of the molecule is CCNC(=NCC(C)Oc1ccccc1F)NCCNC(=O)c1ccc(OC)cc1.I. The Hall–Kier alpha value is -2.56. The van der Waals surface area contributed by atoms with Crippen LogP contribution < -0.4 is 25.4 Å². The number of hydrogen-bond donors (Lipinski definition) is 3.